The van der Waals surface area contributed by atoms with Gasteiger partial charge >= 0.3 is 0 Å². The van der Waals surface area contributed by atoms with Gasteiger partial charge in [-0.2, -0.15) is 9.61 Å². The molecule has 168 valence electrons. The zero-order chi connectivity index (χ0) is 21.9. The molecule has 0 radical (unpaired) electrons. The van der Waals surface area contributed by atoms with E-state index in [1.54, 1.807) is 12.4 Å². The van der Waals surface area contributed by atoms with E-state index in [1.807, 2.05) is 16.8 Å². The highest BCUT2D eigenvalue weighted by atomic mass is 79.9. The Morgan fingerprint density at radius 1 is 1.12 bits per heavy atom. The monoisotopic (exact) mass is 496 g/mol. The van der Waals surface area contributed by atoms with Gasteiger partial charge in [-0.25, -0.2) is 4.98 Å². The summed E-state index contributed by atoms with van der Waals surface area (Å²) >= 11 is 3.59. The highest BCUT2D eigenvalue weighted by molar-refractivity contribution is 9.10. The molecule has 3 aromatic rings. The summed E-state index contributed by atoms with van der Waals surface area (Å²) in [5.41, 5.74) is 2.99. The van der Waals surface area contributed by atoms with E-state index in [0.29, 0.717) is 18.4 Å². The van der Waals surface area contributed by atoms with Crippen LogP contribution in [0.15, 0.2) is 41.3 Å². The fraction of sp³-hybridized carbons (Fsp3) is 0.500. The van der Waals surface area contributed by atoms with Crippen molar-refractivity contribution in [1.29, 1.82) is 0 Å². The summed E-state index contributed by atoms with van der Waals surface area (Å²) in [5, 5.41) is 7.98. The van der Waals surface area contributed by atoms with Crippen LogP contribution in [-0.2, 0) is 11.3 Å². The smallest absolute Gasteiger partial charge is 0.225 e. The number of hydrogen-bond acceptors (Lipinski definition) is 5. The van der Waals surface area contributed by atoms with Crippen LogP contribution in [0.4, 0.5) is 5.82 Å². The minimum absolute atomic E-state index is 0.251. The number of likely N-dealkylation sites (tertiary alicyclic amines) is 1. The number of nitrogens with one attached hydrogen (secondary N) is 1. The fourth-order valence-electron chi connectivity index (χ4n) is 4.99. The Bertz CT molecular complexity index is 1070. The van der Waals surface area contributed by atoms with Crippen molar-refractivity contribution in [3.63, 3.8) is 0 Å². The van der Waals surface area contributed by atoms with E-state index < -0.39 is 0 Å². The maximum atomic E-state index is 12.9. The number of fused-ring (bicyclic) bond motifs is 1. The zero-order valence-electron chi connectivity index (χ0n) is 18.2. The Kier molecular flexibility index (Phi) is 6.39. The first-order valence-electron chi connectivity index (χ1n) is 11.6. The summed E-state index contributed by atoms with van der Waals surface area (Å²) in [6.07, 6.45) is 13.2. The summed E-state index contributed by atoms with van der Waals surface area (Å²) in [6, 6.07) is 6.11. The van der Waals surface area contributed by atoms with Crippen LogP contribution in [0, 0.1) is 5.92 Å². The number of pyridine rings is 1. The first kappa shape index (κ1) is 21.4. The maximum absolute atomic E-state index is 12.9. The first-order valence-corrected chi connectivity index (χ1v) is 12.4. The van der Waals surface area contributed by atoms with Crippen LogP contribution in [0.5, 0.6) is 0 Å². The fourth-order valence-corrected chi connectivity index (χ4v) is 5.34. The summed E-state index contributed by atoms with van der Waals surface area (Å²) < 4.78 is 2.72. The molecular weight excluding hydrogens is 468 g/mol. The molecule has 2 fully saturated rings. The van der Waals surface area contributed by atoms with E-state index in [0.717, 1.165) is 66.0 Å². The molecule has 0 aromatic carbocycles. The number of carbonyl (C=O) groups is 1. The van der Waals surface area contributed by atoms with Crippen LogP contribution >= 0.6 is 15.9 Å². The molecule has 8 heteroatoms. The molecule has 32 heavy (non-hydrogen) atoms. The molecule has 7 nitrogen and oxygen atoms in total. The standard InChI is InChI=1S/C24H29BrN6O/c25-20-16-28-31-22(27-15-17-5-4-10-26-14-17)13-21(29-23(20)31)18-8-11-30(12-9-18)24(32)19-6-2-1-3-7-19/h4-5,10,13-14,16,18-19,27H,1-3,6-9,11-12,15H2. The SMILES string of the molecule is O=C(C1CCCCC1)N1CCC(c2cc(NCc3cccnc3)n3ncc(Br)c3n2)CC1. The summed E-state index contributed by atoms with van der Waals surface area (Å²) in [4.78, 5) is 24.2. The number of anilines is 1. The quantitative estimate of drug-likeness (QED) is 0.549. The highest BCUT2D eigenvalue weighted by Crippen LogP contribution is 2.32. The molecular formula is C24H29BrN6O. The molecule has 3 aromatic heterocycles. The molecule has 2 aliphatic rings. The Balaban J connectivity index is 1.31. The van der Waals surface area contributed by atoms with Crippen LogP contribution in [0.3, 0.4) is 0 Å². The number of amides is 1. The van der Waals surface area contributed by atoms with Crippen molar-refractivity contribution < 1.29 is 4.79 Å². The van der Waals surface area contributed by atoms with Gasteiger partial charge in [0.1, 0.15) is 5.82 Å². The largest absolute Gasteiger partial charge is 0.366 e. The highest BCUT2D eigenvalue weighted by Gasteiger charge is 2.30. The second-order valence-electron chi connectivity index (χ2n) is 8.94. The van der Waals surface area contributed by atoms with Gasteiger partial charge in [-0.15, -0.1) is 0 Å². The van der Waals surface area contributed by atoms with Gasteiger partial charge in [0, 0.05) is 55.6 Å². The van der Waals surface area contributed by atoms with Gasteiger partial charge < -0.3 is 10.2 Å². The molecule has 1 amide bonds. The molecule has 0 bridgehead atoms. The molecule has 1 saturated carbocycles. The summed E-state index contributed by atoms with van der Waals surface area (Å²) in [6.45, 7) is 2.32. The molecule has 1 N–H and O–H groups in total. The molecule has 1 aliphatic heterocycles. The Morgan fingerprint density at radius 3 is 2.69 bits per heavy atom. The second-order valence-corrected chi connectivity index (χ2v) is 9.80. The van der Waals surface area contributed by atoms with Crippen molar-refractivity contribution in [2.45, 2.75) is 57.4 Å². The number of hydrogen-bond donors (Lipinski definition) is 1. The molecule has 0 unspecified atom stereocenters. The van der Waals surface area contributed by atoms with Crippen molar-refractivity contribution in [1.82, 2.24) is 24.5 Å². The lowest BCUT2D eigenvalue weighted by Gasteiger charge is -2.35. The Morgan fingerprint density at radius 2 is 1.94 bits per heavy atom. The van der Waals surface area contributed by atoms with Gasteiger partial charge in [0.15, 0.2) is 5.65 Å². The van der Waals surface area contributed by atoms with Crippen molar-refractivity contribution in [2.75, 3.05) is 18.4 Å². The normalized spacial score (nSPS) is 18.2. The number of aromatic nitrogens is 4. The van der Waals surface area contributed by atoms with E-state index >= 15 is 0 Å². The van der Waals surface area contributed by atoms with Gasteiger partial charge in [-0.05, 0) is 53.2 Å². The number of piperidine rings is 1. The van der Waals surface area contributed by atoms with Crippen LogP contribution in [0.25, 0.3) is 5.65 Å². The number of nitrogens with zero attached hydrogens (tertiary/aromatic N) is 5. The topological polar surface area (TPSA) is 75.4 Å². The van der Waals surface area contributed by atoms with Crippen LogP contribution < -0.4 is 5.32 Å². The predicted molar refractivity (Wildman–Crippen MR) is 127 cm³/mol. The third-order valence-electron chi connectivity index (χ3n) is 6.82. The third kappa shape index (κ3) is 4.51. The van der Waals surface area contributed by atoms with E-state index in [1.165, 1.54) is 19.3 Å². The maximum Gasteiger partial charge on any atom is 0.225 e. The summed E-state index contributed by atoms with van der Waals surface area (Å²) in [7, 11) is 0. The lowest BCUT2D eigenvalue weighted by Crippen LogP contribution is -2.42. The molecule has 0 atom stereocenters. The van der Waals surface area contributed by atoms with Gasteiger partial charge in [0.05, 0.1) is 10.7 Å². The van der Waals surface area contributed by atoms with Crippen molar-refractivity contribution >= 4 is 33.3 Å². The van der Waals surface area contributed by atoms with Gasteiger partial charge in [0.25, 0.3) is 0 Å². The second kappa shape index (κ2) is 9.57. The van der Waals surface area contributed by atoms with Crippen LogP contribution in [0.1, 0.15) is 62.1 Å². The van der Waals surface area contributed by atoms with Crippen molar-refractivity contribution in [3.8, 4) is 0 Å². The lowest BCUT2D eigenvalue weighted by atomic mass is 9.86. The van der Waals surface area contributed by atoms with Crippen molar-refractivity contribution in [2.24, 2.45) is 5.92 Å². The van der Waals surface area contributed by atoms with E-state index in [4.69, 9.17) is 4.98 Å². The van der Waals surface area contributed by atoms with Crippen LogP contribution in [-0.4, -0.2) is 43.5 Å². The third-order valence-corrected chi connectivity index (χ3v) is 7.38. The van der Waals surface area contributed by atoms with Gasteiger partial charge in [-0.1, -0.05) is 25.3 Å². The molecule has 1 saturated heterocycles. The summed E-state index contributed by atoms with van der Waals surface area (Å²) in [5.74, 6) is 1.89. The van der Waals surface area contributed by atoms with E-state index in [2.05, 4.69) is 48.4 Å². The lowest BCUT2D eigenvalue weighted by molar-refractivity contribution is -0.137. The molecule has 1 aliphatic carbocycles. The van der Waals surface area contributed by atoms with E-state index in [9.17, 15) is 4.79 Å². The van der Waals surface area contributed by atoms with Gasteiger partial charge in [-0.3, -0.25) is 9.78 Å². The average molecular weight is 497 g/mol. The Labute approximate surface area is 196 Å². The Hall–Kier alpha value is -2.48. The van der Waals surface area contributed by atoms with Crippen molar-refractivity contribution in [3.05, 3.63) is 52.5 Å². The minimum atomic E-state index is 0.251. The van der Waals surface area contributed by atoms with Crippen LogP contribution in [0.2, 0.25) is 0 Å². The predicted octanol–water partition coefficient (Wildman–Crippen LogP) is 4.79. The molecule has 0 spiro atoms. The number of rotatable bonds is 5. The average Bonchev–Trinajstić information content (AvgIpc) is 3.24. The number of carbonyl (C=O) groups excluding carboxylic acids is 1. The molecule has 4 heterocycles. The zero-order valence-corrected chi connectivity index (χ0v) is 19.8. The first-order chi connectivity index (χ1) is 15.7. The van der Waals surface area contributed by atoms with E-state index in [-0.39, 0.29) is 5.92 Å². The van der Waals surface area contributed by atoms with Gasteiger partial charge in [0.2, 0.25) is 5.91 Å². The minimum Gasteiger partial charge on any atom is -0.366 e. The number of halogens is 1. The molecule has 5 rings (SSSR count).